The van der Waals surface area contributed by atoms with Crippen LogP contribution in [0.3, 0.4) is 0 Å². The lowest BCUT2D eigenvalue weighted by Gasteiger charge is -2.08. The predicted molar refractivity (Wildman–Crippen MR) is 95.4 cm³/mol. The summed E-state index contributed by atoms with van der Waals surface area (Å²) in [5.41, 5.74) is 1.94. The molecule has 3 aromatic rings. The molecule has 2 N–H and O–H groups in total. The van der Waals surface area contributed by atoms with Gasteiger partial charge >= 0.3 is 0 Å². The van der Waals surface area contributed by atoms with Crippen LogP contribution in [0.15, 0.2) is 58.1 Å². The summed E-state index contributed by atoms with van der Waals surface area (Å²) in [4.78, 5) is 16.0. The highest BCUT2D eigenvalue weighted by Gasteiger charge is 2.19. The van der Waals surface area contributed by atoms with Crippen molar-refractivity contribution in [1.82, 2.24) is 10.1 Å². The second kappa shape index (κ2) is 6.96. The molecule has 26 heavy (non-hydrogen) atoms. The summed E-state index contributed by atoms with van der Waals surface area (Å²) in [6.45, 7) is 3.43. The third-order valence-corrected chi connectivity index (χ3v) is 5.05. The molecule has 0 radical (unpaired) electrons. The van der Waals surface area contributed by atoms with E-state index in [1.807, 2.05) is 0 Å². The van der Waals surface area contributed by atoms with Gasteiger partial charge in [-0.1, -0.05) is 11.2 Å². The average Bonchev–Trinajstić information content (AvgIpc) is 2.94. The monoisotopic (exact) mass is 372 g/mol. The van der Waals surface area contributed by atoms with Crippen molar-refractivity contribution in [1.29, 1.82) is 0 Å². The number of hydrogen-bond acceptors (Lipinski definition) is 6. The molecule has 1 aromatic carbocycles. The molecule has 134 valence electrons. The standard InChI is InChI=1S/C17H16N4O4S/c1-11-12(2)20-25-17(11)21-26(23,24)14-8-6-13(7-9-14)19-16(22)15-5-3-4-10-18-15/h3-10,21H,1-2H3,(H,19,22). The number of rotatable bonds is 5. The lowest BCUT2D eigenvalue weighted by atomic mass is 10.3. The first kappa shape index (κ1) is 17.6. The quantitative estimate of drug-likeness (QED) is 0.712. The van der Waals surface area contributed by atoms with Gasteiger partial charge in [0.1, 0.15) is 5.69 Å². The van der Waals surface area contributed by atoms with E-state index in [0.717, 1.165) is 0 Å². The van der Waals surface area contributed by atoms with Gasteiger partial charge < -0.3 is 9.84 Å². The largest absolute Gasteiger partial charge is 0.337 e. The molecule has 0 bridgehead atoms. The van der Waals surface area contributed by atoms with Crippen LogP contribution in [0.4, 0.5) is 11.6 Å². The van der Waals surface area contributed by atoms with E-state index >= 15 is 0 Å². The van der Waals surface area contributed by atoms with Crippen molar-refractivity contribution in [3.05, 3.63) is 65.6 Å². The zero-order valence-electron chi connectivity index (χ0n) is 14.1. The topological polar surface area (TPSA) is 114 Å². The van der Waals surface area contributed by atoms with Gasteiger partial charge in [0.15, 0.2) is 0 Å². The van der Waals surface area contributed by atoms with Gasteiger partial charge in [0.25, 0.3) is 15.9 Å². The van der Waals surface area contributed by atoms with Gasteiger partial charge in [-0.05, 0) is 50.2 Å². The molecule has 0 aliphatic heterocycles. The Hall–Kier alpha value is -3.20. The third-order valence-electron chi connectivity index (χ3n) is 3.70. The Morgan fingerprint density at radius 3 is 2.38 bits per heavy atom. The fourth-order valence-electron chi connectivity index (χ4n) is 2.10. The highest BCUT2D eigenvalue weighted by Crippen LogP contribution is 2.22. The number of pyridine rings is 1. The molecule has 0 atom stereocenters. The number of carbonyl (C=O) groups is 1. The molecule has 2 heterocycles. The molecule has 3 rings (SSSR count). The van der Waals surface area contributed by atoms with Crippen molar-refractivity contribution in [3.8, 4) is 0 Å². The van der Waals surface area contributed by atoms with Crippen LogP contribution in [0.5, 0.6) is 0 Å². The van der Waals surface area contributed by atoms with Crippen molar-refractivity contribution in [2.45, 2.75) is 18.7 Å². The maximum atomic E-state index is 12.4. The minimum atomic E-state index is -3.83. The first-order chi connectivity index (χ1) is 12.4. The zero-order valence-corrected chi connectivity index (χ0v) is 14.9. The van der Waals surface area contributed by atoms with Gasteiger partial charge in [-0.3, -0.25) is 9.78 Å². The van der Waals surface area contributed by atoms with E-state index in [4.69, 9.17) is 4.52 Å². The molecule has 0 fully saturated rings. The van der Waals surface area contributed by atoms with Gasteiger partial charge in [-0.25, -0.2) is 13.1 Å². The van der Waals surface area contributed by atoms with Gasteiger partial charge in [0.2, 0.25) is 5.88 Å². The number of amides is 1. The van der Waals surface area contributed by atoms with Crippen LogP contribution in [0.2, 0.25) is 0 Å². The first-order valence-electron chi connectivity index (χ1n) is 7.65. The summed E-state index contributed by atoms with van der Waals surface area (Å²) < 4.78 is 32.2. The molecule has 2 aromatic heterocycles. The van der Waals surface area contributed by atoms with Crippen molar-refractivity contribution in [3.63, 3.8) is 0 Å². The van der Waals surface area contributed by atoms with Crippen LogP contribution in [0, 0.1) is 13.8 Å². The van der Waals surface area contributed by atoms with Crippen molar-refractivity contribution in [2.24, 2.45) is 0 Å². The molecular formula is C17H16N4O4S. The van der Waals surface area contributed by atoms with E-state index in [-0.39, 0.29) is 22.4 Å². The molecule has 9 heteroatoms. The van der Waals surface area contributed by atoms with Crippen LogP contribution in [-0.4, -0.2) is 24.5 Å². The Labute approximate surface area is 150 Å². The number of aryl methyl sites for hydroxylation is 1. The average molecular weight is 372 g/mol. The van der Waals surface area contributed by atoms with Crippen molar-refractivity contribution >= 4 is 27.5 Å². The van der Waals surface area contributed by atoms with Crippen LogP contribution < -0.4 is 10.0 Å². The molecule has 0 aliphatic carbocycles. The SMILES string of the molecule is Cc1noc(NS(=O)(=O)c2ccc(NC(=O)c3ccccn3)cc2)c1C. The van der Waals surface area contributed by atoms with Crippen LogP contribution in [0.25, 0.3) is 0 Å². The first-order valence-corrected chi connectivity index (χ1v) is 9.13. The number of anilines is 2. The Balaban J connectivity index is 1.74. The molecular weight excluding hydrogens is 356 g/mol. The Morgan fingerprint density at radius 1 is 1.08 bits per heavy atom. The van der Waals surface area contributed by atoms with E-state index in [1.54, 1.807) is 32.0 Å². The molecule has 0 aliphatic rings. The third kappa shape index (κ3) is 3.72. The molecule has 0 saturated heterocycles. The van der Waals surface area contributed by atoms with E-state index in [1.165, 1.54) is 30.5 Å². The van der Waals surface area contributed by atoms with Crippen molar-refractivity contribution < 1.29 is 17.7 Å². The number of carbonyl (C=O) groups excluding carboxylic acids is 1. The Morgan fingerprint density at radius 2 is 1.81 bits per heavy atom. The maximum absolute atomic E-state index is 12.4. The predicted octanol–water partition coefficient (Wildman–Crippen LogP) is 2.74. The van der Waals surface area contributed by atoms with Crippen LogP contribution in [-0.2, 0) is 10.0 Å². The van der Waals surface area contributed by atoms with Gasteiger partial charge in [0, 0.05) is 17.4 Å². The van der Waals surface area contributed by atoms with E-state index < -0.39 is 10.0 Å². The number of hydrogen-bond donors (Lipinski definition) is 2. The van der Waals surface area contributed by atoms with Crippen molar-refractivity contribution in [2.75, 3.05) is 10.0 Å². The van der Waals surface area contributed by atoms with E-state index in [2.05, 4.69) is 20.2 Å². The highest BCUT2D eigenvalue weighted by atomic mass is 32.2. The summed E-state index contributed by atoms with van der Waals surface area (Å²) in [5.74, 6) is -0.304. The zero-order chi connectivity index (χ0) is 18.7. The van der Waals surface area contributed by atoms with Gasteiger partial charge in [0.05, 0.1) is 10.6 Å². The fraction of sp³-hybridized carbons (Fsp3) is 0.118. The summed E-state index contributed by atoms with van der Waals surface area (Å²) in [7, 11) is -3.83. The second-order valence-corrected chi connectivity index (χ2v) is 7.20. The molecule has 0 spiro atoms. The maximum Gasteiger partial charge on any atom is 0.274 e. The summed E-state index contributed by atoms with van der Waals surface area (Å²) >= 11 is 0. The molecule has 8 nitrogen and oxygen atoms in total. The lowest BCUT2D eigenvalue weighted by Crippen LogP contribution is -2.15. The normalized spacial score (nSPS) is 11.2. The molecule has 0 saturated carbocycles. The van der Waals surface area contributed by atoms with Gasteiger partial charge in [-0.15, -0.1) is 0 Å². The van der Waals surface area contributed by atoms with Crippen LogP contribution >= 0.6 is 0 Å². The molecule has 0 unspecified atom stereocenters. The fourth-order valence-corrected chi connectivity index (χ4v) is 3.15. The number of nitrogens with one attached hydrogen (secondary N) is 2. The van der Waals surface area contributed by atoms with E-state index in [9.17, 15) is 13.2 Å². The minimum absolute atomic E-state index is 0.0294. The lowest BCUT2D eigenvalue weighted by molar-refractivity contribution is 0.102. The number of aromatic nitrogens is 2. The van der Waals surface area contributed by atoms with Crippen LogP contribution in [0.1, 0.15) is 21.7 Å². The second-order valence-electron chi connectivity index (χ2n) is 5.52. The Bertz CT molecular complexity index is 1030. The summed E-state index contributed by atoms with van der Waals surface area (Å²) in [6, 6.07) is 10.8. The van der Waals surface area contributed by atoms with Gasteiger partial charge in [-0.2, -0.15) is 0 Å². The molecule has 1 amide bonds. The minimum Gasteiger partial charge on any atom is -0.337 e. The number of benzene rings is 1. The smallest absolute Gasteiger partial charge is 0.274 e. The summed E-state index contributed by atoms with van der Waals surface area (Å²) in [5, 5.41) is 6.37. The number of nitrogens with zero attached hydrogens (tertiary/aromatic N) is 2. The Kier molecular flexibility index (Phi) is 4.72. The number of sulfonamides is 1. The van der Waals surface area contributed by atoms with E-state index in [0.29, 0.717) is 16.9 Å². The highest BCUT2D eigenvalue weighted by molar-refractivity contribution is 7.92. The summed E-state index contributed by atoms with van der Waals surface area (Å²) in [6.07, 6.45) is 1.52.